The largest absolute Gasteiger partial charge is 0.489 e. The van der Waals surface area contributed by atoms with Crippen LogP contribution in [-0.4, -0.2) is 30.4 Å². The maximum absolute atomic E-state index is 9.91. The first kappa shape index (κ1) is 17.6. The Balaban J connectivity index is 2.36. The van der Waals surface area contributed by atoms with E-state index in [0.29, 0.717) is 34.3 Å². The fourth-order valence-corrected chi connectivity index (χ4v) is 2.04. The van der Waals surface area contributed by atoms with E-state index >= 15 is 0 Å². The highest BCUT2D eigenvalue weighted by molar-refractivity contribution is 6.34. The lowest BCUT2D eigenvalue weighted by Crippen LogP contribution is -2.39. The van der Waals surface area contributed by atoms with Crippen molar-refractivity contribution >= 4 is 23.2 Å². The fourth-order valence-electron chi connectivity index (χ4n) is 1.71. The molecule has 0 radical (unpaired) electrons. The summed E-state index contributed by atoms with van der Waals surface area (Å²) in [6.07, 6.45) is 0.523. The lowest BCUT2D eigenvalue weighted by molar-refractivity contribution is 0.102. The van der Waals surface area contributed by atoms with Gasteiger partial charge in [0.25, 0.3) is 0 Å². The van der Waals surface area contributed by atoms with Crippen LogP contribution < -0.4 is 10.1 Å². The van der Waals surface area contributed by atoms with E-state index in [2.05, 4.69) is 26.1 Å². The van der Waals surface area contributed by atoms with Gasteiger partial charge in [-0.15, -0.1) is 0 Å². The van der Waals surface area contributed by atoms with Crippen LogP contribution >= 0.6 is 23.2 Å². The molecule has 2 N–H and O–H groups in total. The van der Waals surface area contributed by atoms with E-state index in [0.717, 1.165) is 6.42 Å². The van der Waals surface area contributed by atoms with Crippen molar-refractivity contribution in [1.82, 2.24) is 5.32 Å². The molecule has 114 valence electrons. The zero-order valence-electron chi connectivity index (χ0n) is 12.2. The highest BCUT2D eigenvalue weighted by Gasteiger charge is 2.13. The maximum atomic E-state index is 9.91. The van der Waals surface area contributed by atoms with Gasteiger partial charge < -0.3 is 15.2 Å². The first-order chi connectivity index (χ1) is 9.43. The van der Waals surface area contributed by atoms with Crippen molar-refractivity contribution in [2.45, 2.75) is 39.3 Å². The molecule has 0 heterocycles. The molecule has 0 fully saturated rings. The number of hydrogen-bond acceptors (Lipinski definition) is 3. The van der Waals surface area contributed by atoms with Crippen LogP contribution in [-0.2, 0) is 0 Å². The van der Waals surface area contributed by atoms with Gasteiger partial charge in [0.2, 0.25) is 0 Å². The van der Waals surface area contributed by atoms with E-state index in [1.807, 2.05) is 0 Å². The summed E-state index contributed by atoms with van der Waals surface area (Å²) in [5.41, 5.74) is 0. The molecule has 0 aliphatic carbocycles. The van der Waals surface area contributed by atoms with Crippen LogP contribution in [0.3, 0.4) is 0 Å². The molecule has 3 unspecified atom stereocenters. The number of rotatable bonds is 8. The number of hydrogen-bond donors (Lipinski definition) is 2. The fraction of sp³-hybridized carbons (Fsp3) is 0.600. The van der Waals surface area contributed by atoms with Crippen LogP contribution in [0.5, 0.6) is 5.75 Å². The van der Waals surface area contributed by atoms with Crippen molar-refractivity contribution in [3.63, 3.8) is 0 Å². The quantitative estimate of drug-likeness (QED) is 0.766. The number of aliphatic hydroxyl groups excluding tert-OH is 1. The van der Waals surface area contributed by atoms with Crippen LogP contribution in [0.15, 0.2) is 18.2 Å². The Hall–Kier alpha value is -0.480. The van der Waals surface area contributed by atoms with Gasteiger partial charge in [-0.1, -0.05) is 43.5 Å². The molecule has 20 heavy (non-hydrogen) atoms. The monoisotopic (exact) mass is 319 g/mol. The molecular formula is C15H23Cl2NO2. The summed E-state index contributed by atoms with van der Waals surface area (Å²) in [4.78, 5) is 0. The predicted molar refractivity (Wildman–Crippen MR) is 84.9 cm³/mol. The van der Waals surface area contributed by atoms with Crippen LogP contribution in [0.25, 0.3) is 0 Å². The molecule has 3 atom stereocenters. The van der Waals surface area contributed by atoms with Crippen molar-refractivity contribution in [3.05, 3.63) is 28.2 Å². The summed E-state index contributed by atoms with van der Waals surface area (Å²) >= 11 is 11.9. The van der Waals surface area contributed by atoms with Gasteiger partial charge in [0.15, 0.2) is 0 Å². The predicted octanol–water partition coefficient (Wildman–Crippen LogP) is 3.76. The highest BCUT2D eigenvalue weighted by atomic mass is 35.5. The topological polar surface area (TPSA) is 41.5 Å². The number of ether oxygens (including phenoxy) is 1. The number of nitrogens with one attached hydrogen (secondary N) is 1. The Bertz CT molecular complexity index is 415. The van der Waals surface area contributed by atoms with Crippen molar-refractivity contribution in [2.24, 2.45) is 5.92 Å². The molecule has 5 heteroatoms. The molecule has 3 nitrogen and oxygen atoms in total. The molecule has 0 amide bonds. The van der Waals surface area contributed by atoms with Gasteiger partial charge in [-0.2, -0.15) is 0 Å². The van der Waals surface area contributed by atoms with E-state index in [-0.39, 0.29) is 6.61 Å². The minimum atomic E-state index is -0.587. The Labute approximate surface area is 131 Å². The summed E-state index contributed by atoms with van der Waals surface area (Å²) in [6, 6.07) is 5.38. The van der Waals surface area contributed by atoms with Crippen molar-refractivity contribution in [1.29, 1.82) is 0 Å². The highest BCUT2D eigenvalue weighted by Crippen LogP contribution is 2.27. The third-order valence-electron chi connectivity index (χ3n) is 3.50. The summed E-state index contributed by atoms with van der Waals surface area (Å²) in [5.74, 6) is 1.07. The molecule has 1 aromatic rings. The second-order valence-electron chi connectivity index (χ2n) is 5.12. The minimum absolute atomic E-state index is 0.181. The minimum Gasteiger partial charge on any atom is -0.489 e. The Morgan fingerprint density at radius 3 is 2.65 bits per heavy atom. The maximum Gasteiger partial charge on any atom is 0.139 e. The molecule has 0 spiro atoms. The van der Waals surface area contributed by atoms with Crippen LogP contribution in [0.1, 0.15) is 27.2 Å². The standard InChI is InChI=1S/C15H23Cl2NO2/c1-4-10(2)11(3)18-8-13(19)9-20-15-7-12(16)5-6-14(15)17/h5-7,10-11,13,18-19H,4,8-9H2,1-3H3. The van der Waals surface area contributed by atoms with E-state index in [1.165, 1.54) is 0 Å². The summed E-state index contributed by atoms with van der Waals surface area (Å²) in [5, 5.41) is 14.3. The second kappa shape index (κ2) is 8.73. The molecule has 0 saturated heterocycles. The smallest absolute Gasteiger partial charge is 0.139 e. The average molecular weight is 320 g/mol. The van der Waals surface area contributed by atoms with Gasteiger partial charge in [0.1, 0.15) is 18.5 Å². The number of benzene rings is 1. The third kappa shape index (κ3) is 5.88. The van der Waals surface area contributed by atoms with Gasteiger partial charge >= 0.3 is 0 Å². The first-order valence-corrected chi connectivity index (χ1v) is 7.69. The normalized spacial score (nSPS) is 15.7. The average Bonchev–Trinajstić information content (AvgIpc) is 2.44. The Kier molecular flexibility index (Phi) is 7.67. The molecular weight excluding hydrogens is 297 g/mol. The third-order valence-corrected chi connectivity index (χ3v) is 4.04. The number of aliphatic hydroxyl groups is 1. The van der Waals surface area contributed by atoms with Gasteiger partial charge in [-0.3, -0.25) is 0 Å². The van der Waals surface area contributed by atoms with E-state index in [4.69, 9.17) is 27.9 Å². The molecule has 0 aliphatic heterocycles. The summed E-state index contributed by atoms with van der Waals surface area (Å²) in [7, 11) is 0. The Morgan fingerprint density at radius 1 is 1.30 bits per heavy atom. The zero-order valence-corrected chi connectivity index (χ0v) is 13.7. The van der Waals surface area contributed by atoms with Crippen molar-refractivity contribution in [2.75, 3.05) is 13.2 Å². The van der Waals surface area contributed by atoms with E-state index in [9.17, 15) is 5.11 Å². The SMILES string of the molecule is CCC(C)C(C)NCC(O)COc1cc(Cl)ccc1Cl. The van der Waals surface area contributed by atoms with Gasteiger partial charge in [0, 0.05) is 23.7 Å². The first-order valence-electron chi connectivity index (χ1n) is 6.93. The van der Waals surface area contributed by atoms with E-state index < -0.39 is 6.10 Å². The molecule has 0 bridgehead atoms. The lowest BCUT2D eigenvalue weighted by Gasteiger charge is -2.22. The van der Waals surface area contributed by atoms with Gasteiger partial charge in [-0.05, 0) is 25.0 Å². The molecule has 0 aromatic heterocycles. The molecule has 1 rings (SSSR count). The number of halogens is 2. The summed E-state index contributed by atoms with van der Waals surface area (Å²) in [6.45, 7) is 7.13. The van der Waals surface area contributed by atoms with Crippen LogP contribution in [0.4, 0.5) is 0 Å². The lowest BCUT2D eigenvalue weighted by atomic mass is 10.0. The van der Waals surface area contributed by atoms with Crippen LogP contribution in [0, 0.1) is 5.92 Å². The van der Waals surface area contributed by atoms with E-state index in [1.54, 1.807) is 18.2 Å². The van der Waals surface area contributed by atoms with Gasteiger partial charge in [-0.25, -0.2) is 0 Å². The van der Waals surface area contributed by atoms with Crippen molar-refractivity contribution < 1.29 is 9.84 Å². The molecule has 1 aromatic carbocycles. The van der Waals surface area contributed by atoms with Crippen LogP contribution in [0.2, 0.25) is 10.0 Å². The molecule has 0 saturated carbocycles. The van der Waals surface area contributed by atoms with Gasteiger partial charge in [0.05, 0.1) is 5.02 Å². The molecule has 0 aliphatic rings. The Morgan fingerprint density at radius 2 is 2.00 bits per heavy atom. The summed E-state index contributed by atoms with van der Waals surface area (Å²) < 4.78 is 5.49. The zero-order chi connectivity index (χ0) is 15.1. The van der Waals surface area contributed by atoms with Crippen molar-refractivity contribution in [3.8, 4) is 5.75 Å². The second-order valence-corrected chi connectivity index (χ2v) is 5.97.